The first-order valence-corrected chi connectivity index (χ1v) is 9.84. The molecule has 2 atom stereocenters. The van der Waals surface area contributed by atoms with Gasteiger partial charge in [0.1, 0.15) is 0 Å². The zero-order valence-corrected chi connectivity index (χ0v) is 16.5. The van der Waals surface area contributed by atoms with Crippen molar-refractivity contribution in [3.8, 4) is 0 Å². The molecule has 4 nitrogen and oxygen atoms in total. The minimum atomic E-state index is -1.32. The fourth-order valence-corrected chi connectivity index (χ4v) is 3.66. The largest absolute Gasteiger partial charge is 0.368 e. The van der Waals surface area contributed by atoms with E-state index >= 15 is 0 Å². The molecule has 4 N–H and O–H groups in total. The molecular formula is C21H38N2O2. The van der Waals surface area contributed by atoms with Crippen molar-refractivity contribution in [2.45, 2.75) is 72.5 Å². The average molecular weight is 351 g/mol. The Morgan fingerprint density at radius 1 is 1.36 bits per heavy atom. The highest BCUT2D eigenvalue weighted by Crippen LogP contribution is 2.36. The van der Waals surface area contributed by atoms with E-state index in [9.17, 15) is 10.2 Å². The smallest absolute Gasteiger partial charge is 0.158 e. The molecule has 0 aromatic carbocycles. The Labute approximate surface area is 153 Å². The van der Waals surface area contributed by atoms with Crippen molar-refractivity contribution in [2.75, 3.05) is 13.1 Å². The predicted octanol–water partition coefficient (Wildman–Crippen LogP) is 4.04. The van der Waals surface area contributed by atoms with Gasteiger partial charge in [0.05, 0.1) is 5.71 Å². The first-order valence-electron chi connectivity index (χ1n) is 9.84. The van der Waals surface area contributed by atoms with Crippen LogP contribution >= 0.6 is 0 Å². The van der Waals surface area contributed by atoms with Gasteiger partial charge in [-0.2, -0.15) is 0 Å². The molecule has 0 heterocycles. The predicted molar refractivity (Wildman–Crippen MR) is 106 cm³/mol. The first-order chi connectivity index (χ1) is 11.8. The number of aliphatic hydroxyl groups is 2. The van der Waals surface area contributed by atoms with E-state index < -0.39 is 6.29 Å². The van der Waals surface area contributed by atoms with Gasteiger partial charge in [-0.1, -0.05) is 65.2 Å². The Hall–Kier alpha value is -0.970. The summed E-state index contributed by atoms with van der Waals surface area (Å²) in [6.07, 6.45) is 11.0. The summed E-state index contributed by atoms with van der Waals surface area (Å²) in [7, 11) is 0. The number of rotatable bonds is 12. The minimum Gasteiger partial charge on any atom is -0.368 e. The first kappa shape index (κ1) is 22.1. The number of allylic oxidation sites excluding steroid dienone is 2. The summed E-state index contributed by atoms with van der Waals surface area (Å²) in [4.78, 5) is 0. The summed E-state index contributed by atoms with van der Waals surface area (Å²) >= 11 is 0. The summed E-state index contributed by atoms with van der Waals surface area (Å²) in [6.45, 7) is 10.8. The lowest BCUT2D eigenvalue weighted by Crippen LogP contribution is -2.30. The number of nitrogens with one attached hydrogen (secondary N) is 2. The van der Waals surface area contributed by atoms with Crippen molar-refractivity contribution >= 4 is 5.71 Å². The van der Waals surface area contributed by atoms with E-state index in [1.165, 1.54) is 25.7 Å². The lowest BCUT2D eigenvalue weighted by molar-refractivity contribution is -0.0693. The third kappa shape index (κ3) is 7.43. The van der Waals surface area contributed by atoms with Gasteiger partial charge in [-0.05, 0) is 42.7 Å². The Bertz CT molecular complexity index is 467. The Balaban J connectivity index is 2.35. The normalized spacial score (nSPS) is 19.2. The highest BCUT2D eigenvalue weighted by atomic mass is 16.5. The lowest BCUT2D eigenvalue weighted by Gasteiger charge is -2.34. The zero-order chi connectivity index (χ0) is 18.9. The fraction of sp³-hybridized carbons (Fsp3) is 0.762. The molecule has 25 heavy (non-hydrogen) atoms. The molecule has 144 valence electrons. The number of unbranched alkanes of at least 4 members (excludes halogenated alkanes) is 1. The fourth-order valence-electron chi connectivity index (χ4n) is 3.66. The van der Waals surface area contributed by atoms with Gasteiger partial charge in [-0.25, -0.2) is 0 Å². The Kier molecular flexibility index (Phi) is 9.62. The topological polar surface area (TPSA) is 76.3 Å². The molecule has 0 saturated carbocycles. The number of hydrogen-bond donors (Lipinski definition) is 4. The van der Waals surface area contributed by atoms with Gasteiger partial charge in [0, 0.05) is 12.5 Å². The molecular weight excluding hydrogens is 312 g/mol. The van der Waals surface area contributed by atoms with Gasteiger partial charge in [0.2, 0.25) is 0 Å². The third-order valence-electron chi connectivity index (χ3n) is 5.61. The van der Waals surface area contributed by atoms with Crippen molar-refractivity contribution in [3.63, 3.8) is 0 Å². The van der Waals surface area contributed by atoms with Crippen molar-refractivity contribution in [3.05, 3.63) is 23.8 Å². The molecule has 1 rings (SSSR count). The average Bonchev–Trinajstić information content (AvgIpc) is 2.59. The summed E-state index contributed by atoms with van der Waals surface area (Å²) < 4.78 is 0. The molecule has 1 aliphatic rings. The quantitative estimate of drug-likeness (QED) is 0.244. The molecule has 0 fully saturated rings. The van der Waals surface area contributed by atoms with Crippen LogP contribution in [0, 0.1) is 22.7 Å². The molecule has 0 aromatic rings. The van der Waals surface area contributed by atoms with E-state index in [0.29, 0.717) is 30.0 Å². The van der Waals surface area contributed by atoms with E-state index in [4.69, 9.17) is 5.41 Å². The maximum absolute atomic E-state index is 9.18. The van der Waals surface area contributed by atoms with E-state index in [2.05, 4.69) is 33.0 Å². The van der Waals surface area contributed by atoms with Gasteiger partial charge in [-0.15, -0.1) is 0 Å². The minimum absolute atomic E-state index is 0.250. The molecule has 0 radical (unpaired) electrons. The molecule has 0 spiro atoms. The SMILES string of the molecule is CCCCC(C)(C)C(CC)CCNCC(=N)C1=CCC(C(O)O)C=C1. The molecule has 0 aromatic heterocycles. The Morgan fingerprint density at radius 3 is 2.60 bits per heavy atom. The van der Waals surface area contributed by atoms with Crippen LogP contribution < -0.4 is 5.32 Å². The van der Waals surface area contributed by atoms with Crippen LogP contribution in [0.4, 0.5) is 0 Å². The van der Waals surface area contributed by atoms with Gasteiger partial charge >= 0.3 is 0 Å². The molecule has 0 saturated heterocycles. The second kappa shape index (κ2) is 10.9. The summed E-state index contributed by atoms with van der Waals surface area (Å²) in [6, 6.07) is 0. The van der Waals surface area contributed by atoms with Crippen LogP contribution in [0.15, 0.2) is 23.8 Å². The summed E-state index contributed by atoms with van der Waals surface area (Å²) in [5, 5.41) is 30.0. The van der Waals surface area contributed by atoms with Crippen LogP contribution in [0.1, 0.15) is 66.2 Å². The highest BCUT2D eigenvalue weighted by Gasteiger charge is 2.26. The summed E-state index contributed by atoms with van der Waals surface area (Å²) in [5.74, 6) is 0.460. The van der Waals surface area contributed by atoms with E-state index in [1.807, 2.05) is 12.2 Å². The lowest BCUT2D eigenvalue weighted by atomic mass is 9.72. The van der Waals surface area contributed by atoms with Gasteiger partial charge in [0.25, 0.3) is 0 Å². The second-order valence-corrected chi connectivity index (χ2v) is 7.97. The number of aliphatic hydroxyl groups excluding tert-OH is 1. The molecule has 4 heteroatoms. The monoisotopic (exact) mass is 350 g/mol. The van der Waals surface area contributed by atoms with Crippen molar-refractivity contribution in [1.82, 2.24) is 5.32 Å². The van der Waals surface area contributed by atoms with Crippen LogP contribution in [0.5, 0.6) is 0 Å². The van der Waals surface area contributed by atoms with Crippen LogP contribution in [0.2, 0.25) is 0 Å². The molecule has 0 bridgehead atoms. The molecule has 0 aliphatic heterocycles. The van der Waals surface area contributed by atoms with Crippen LogP contribution in [-0.4, -0.2) is 35.3 Å². The van der Waals surface area contributed by atoms with Crippen LogP contribution in [0.25, 0.3) is 0 Å². The van der Waals surface area contributed by atoms with Gasteiger partial charge in [0.15, 0.2) is 6.29 Å². The number of hydrogen-bond acceptors (Lipinski definition) is 4. The molecule has 2 unspecified atom stereocenters. The van der Waals surface area contributed by atoms with Crippen LogP contribution in [0.3, 0.4) is 0 Å². The van der Waals surface area contributed by atoms with Crippen molar-refractivity contribution in [1.29, 1.82) is 5.41 Å². The van der Waals surface area contributed by atoms with Crippen molar-refractivity contribution < 1.29 is 10.2 Å². The van der Waals surface area contributed by atoms with Gasteiger partial charge in [-0.3, -0.25) is 0 Å². The maximum atomic E-state index is 9.18. The van der Waals surface area contributed by atoms with Crippen molar-refractivity contribution in [2.24, 2.45) is 17.3 Å². The molecule has 1 aliphatic carbocycles. The third-order valence-corrected chi connectivity index (χ3v) is 5.61. The molecule has 0 amide bonds. The zero-order valence-electron chi connectivity index (χ0n) is 16.5. The van der Waals surface area contributed by atoms with Gasteiger partial charge < -0.3 is 20.9 Å². The van der Waals surface area contributed by atoms with E-state index in [0.717, 1.165) is 18.5 Å². The standard InChI is InChI=1S/C21H38N2O2/c1-5-7-13-21(3,4)18(6-2)12-14-23-15-19(22)16-8-10-17(11-9-16)20(24)25/h8-10,17-18,20,22-25H,5-7,11-15H2,1-4H3. The summed E-state index contributed by atoms with van der Waals surface area (Å²) in [5.41, 5.74) is 1.84. The van der Waals surface area contributed by atoms with E-state index in [1.54, 1.807) is 6.08 Å². The highest BCUT2D eigenvalue weighted by molar-refractivity contribution is 6.01. The Morgan fingerprint density at radius 2 is 2.08 bits per heavy atom. The van der Waals surface area contributed by atoms with Crippen LogP contribution in [-0.2, 0) is 0 Å². The maximum Gasteiger partial charge on any atom is 0.158 e. The van der Waals surface area contributed by atoms with E-state index in [-0.39, 0.29) is 5.92 Å². The second-order valence-electron chi connectivity index (χ2n) is 7.97.